The number of nitrogens with one attached hydrogen (secondary N) is 1. The molecule has 154 valence electrons. The van der Waals surface area contributed by atoms with Crippen molar-refractivity contribution in [2.24, 2.45) is 5.92 Å². The van der Waals surface area contributed by atoms with E-state index < -0.39 is 11.8 Å². The Hall–Kier alpha value is -2.29. The van der Waals surface area contributed by atoms with E-state index in [4.69, 9.17) is 28.5 Å². The van der Waals surface area contributed by atoms with Crippen molar-refractivity contribution in [3.63, 3.8) is 0 Å². The third-order valence-electron chi connectivity index (χ3n) is 4.77. The zero-order valence-electron chi connectivity index (χ0n) is 16.3. The van der Waals surface area contributed by atoms with Crippen LogP contribution >= 0.6 is 0 Å². The Kier molecular flexibility index (Phi) is 6.77. The van der Waals surface area contributed by atoms with Crippen LogP contribution in [-0.4, -0.2) is 45.5 Å². The van der Waals surface area contributed by atoms with Crippen molar-refractivity contribution in [3.05, 3.63) is 30.3 Å². The molecular weight excluding hydrogens is 366 g/mol. The number of carbonyl (C=O) groups is 1. The number of methoxy groups -OCH3 is 1. The van der Waals surface area contributed by atoms with E-state index in [2.05, 4.69) is 12.1 Å². The smallest absolute Gasteiger partial charge is 0.366 e. The molecule has 0 bridgehead atoms. The number of esters is 1. The van der Waals surface area contributed by atoms with Crippen molar-refractivity contribution in [2.75, 3.05) is 33.7 Å². The van der Waals surface area contributed by atoms with Gasteiger partial charge in [-0.15, -0.1) is 0 Å². The van der Waals surface area contributed by atoms with Crippen molar-refractivity contribution in [1.82, 2.24) is 5.48 Å². The molecular formula is C20H27NO7. The van der Waals surface area contributed by atoms with Gasteiger partial charge >= 0.3 is 5.97 Å². The zero-order valence-corrected chi connectivity index (χ0v) is 16.3. The quantitative estimate of drug-likeness (QED) is 0.389. The largest absolute Gasteiger partial charge is 0.465 e. The fraction of sp³-hybridized carbons (Fsp3) is 0.550. The maximum Gasteiger partial charge on any atom is 0.366 e. The lowest BCUT2D eigenvalue weighted by Gasteiger charge is -2.35. The van der Waals surface area contributed by atoms with Crippen molar-refractivity contribution in [1.29, 1.82) is 0 Å². The summed E-state index contributed by atoms with van der Waals surface area (Å²) in [5, 5.41) is 0. The standard InChI is InChI=1S/C20H27NO7/c1-14(16-7-8-17-18(10-16)25-13-24-17)21-28-9-5-4-6-15-11-26-20(2,27-12-15)19(22)23-3/h7-8,10,15,21H,1,4-6,9,11-13H2,2-3H3. The second kappa shape index (κ2) is 9.27. The van der Waals surface area contributed by atoms with Crippen LogP contribution in [0.4, 0.5) is 0 Å². The molecule has 1 aromatic carbocycles. The summed E-state index contributed by atoms with van der Waals surface area (Å²) in [6.07, 6.45) is 2.78. The minimum absolute atomic E-state index is 0.244. The van der Waals surface area contributed by atoms with E-state index >= 15 is 0 Å². The van der Waals surface area contributed by atoms with Crippen LogP contribution in [0.5, 0.6) is 11.5 Å². The number of benzene rings is 1. The normalized spacial score (nSPS) is 23.3. The minimum Gasteiger partial charge on any atom is -0.465 e. The molecule has 1 saturated heterocycles. The molecule has 0 saturated carbocycles. The van der Waals surface area contributed by atoms with Crippen molar-refractivity contribution in [2.45, 2.75) is 32.0 Å². The van der Waals surface area contributed by atoms with E-state index in [1.165, 1.54) is 7.11 Å². The molecule has 0 aliphatic carbocycles. The summed E-state index contributed by atoms with van der Waals surface area (Å²) in [5.41, 5.74) is 4.41. The van der Waals surface area contributed by atoms with Gasteiger partial charge in [-0.05, 0) is 31.0 Å². The molecule has 1 fully saturated rings. The number of rotatable bonds is 9. The highest BCUT2D eigenvalue weighted by molar-refractivity contribution is 5.77. The van der Waals surface area contributed by atoms with Gasteiger partial charge in [0.2, 0.25) is 6.79 Å². The molecule has 0 unspecified atom stereocenters. The molecule has 0 aromatic heterocycles. The maximum atomic E-state index is 11.6. The highest BCUT2D eigenvalue weighted by atomic mass is 16.7. The first kappa shape index (κ1) is 20.4. The number of unbranched alkanes of at least 4 members (excludes halogenated alkanes) is 1. The lowest BCUT2D eigenvalue weighted by atomic mass is 10.0. The van der Waals surface area contributed by atoms with Crippen molar-refractivity contribution >= 4 is 11.7 Å². The minimum atomic E-state index is -1.28. The van der Waals surface area contributed by atoms with Crippen LogP contribution in [-0.2, 0) is 23.8 Å². The van der Waals surface area contributed by atoms with Gasteiger partial charge < -0.3 is 23.7 Å². The number of ether oxygens (including phenoxy) is 5. The molecule has 0 spiro atoms. The van der Waals surface area contributed by atoms with E-state index in [9.17, 15) is 4.79 Å². The third kappa shape index (κ3) is 4.95. The van der Waals surface area contributed by atoms with Crippen LogP contribution in [0.15, 0.2) is 24.8 Å². The van der Waals surface area contributed by atoms with Crippen LogP contribution in [0.1, 0.15) is 31.7 Å². The summed E-state index contributed by atoms with van der Waals surface area (Å²) < 4.78 is 26.4. The topological polar surface area (TPSA) is 84.5 Å². The Bertz CT molecular complexity index is 698. The van der Waals surface area contributed by atoms with Crippen LogP contribution in [0, 0.1) is 5.92 Å². The summed E-state index contributed by atoms with van der Waals surface area (Å²) in [5.74, 6) is -0.0870. The summed E-state index contributed by atoms with van der Waals surface area (Å²) in [6.45, 7) is 7.31. The molecule has 8 nitrogen and oxygen atoms in total. The number of carbonyl (C=O) groups excluding carboxylic acids is 1. The second-order valence-corrected chi connectivity index (χ2v) is 6.92. The fourth-order valence-corrected chi connectivity index (χ4v) is 3.00. The van der Waals surface area contributed by atoms with E-state index in [1.54, 1.807) is 6.92 Å². The van der Waals surface area contributed by atoms with Crippen LogP contribution in [0.2, 0.25) is 0 Å². The summed E-state index contributed by atoms with van der Waals surface area (Å²) in [6, 6.07) is 5.62. The third-order valence-corrected chi connectivity index (χ3v) is 4.77. The molecule has 28 heavy (non-hydrogen) atoms. The first-order valence-corrected chi connectivity index (χ1v) is 9.35. The SMILES string of the molecule is C=C(NOCCCCC1COC(C)(C(=O)OC)OC1)c1ccc2c(c1)OCO2. The van der Waals surface area contributed by atoms with Gasteiger partial charge in [0.25, 0.3) is 5.79 Å². The average molecular weight is 393 g/mol. The number of fused-ring (bicyclic) bond motifs is 1. The Morgan fingerprint density at radius 3 is 2.75 bits per heavy atom. The zero-order chi connectivity index (χ0) is 20.0. The Labute approximate surface area is 164 Å². The van der Waals surface area contributed by atoms with E-state index in [0.717, 1.165) is 30.6 Å². The average Bonchev–Trinajstić information content (AvgIpc) is 3.19. The second-order valence-electron chi connectivity index (χ2n) is 6.92. The lowest BCUT2D eigenvalue weighted by molar-refractivity contribution is -0.272. The molecule has 0 radical (unpaired) electrons. The molecule has 8 heteroatoms. The molecule has 3 rings (SSSR count). The van der Waals surface area contributed by atoms with Gasteiger partial charge in [0, 0.05) is 18.4 Å². The molecule has 2 aliphatic heterocycles. The van der Waals surface area contributed by atoms with Crippen LogP contribution in [0.3, 0.4) is 0 Å². The predicted molar refractivity (Wildman–Crippen MR) is 100 cm³/mol. The van der Waals surface area contributed by atoms with E-state index in [1.807, 2.05) is 18.2 Å². The van der Waals surface area contributed by atoms with E-state index in [-0.39, 0.29) is 12.7 Å². The predicted octanol–water partition coefficient (Wildman–Crippen LogP) is 2.63. The van der Waals surface area contributed by atoms with Crippen molar-refractivity contribution < 1.29 is 33.3 Å². The number of hydroxylamine groups is 1. The summed E-state index contributed by atoms with van der Waals surface area (Å²) in [4.78, 5) is 17.1. The maximum absolute atomic E-state index is 11.6. The van der Waals surface area contributed by atoms with Gasteiger partial charge in [-0.3, -0.25) is 10.3 Å². The molecule has 0 atom stereocenters. The van der Waals surface area contributed by atoms with Gasteiger partial charge in [0.15, 0.2) is 11.5 Å². The van der Waals surface area contributed by atoms with Crippen LogP contribution < -0.4 is 15.0 Å². The van der Waals surface area contributed by atoms with Crippen molar-refractivity contribution in [3.8, 4) is 11.5 Å². The van der Waals surface area contributed by atoms with Gasteiger partial charge in [0.1, 0.15) is 0 Å². The van der Waals surface area contributed by atoms with Crippen LogP contribution in [0.25, 0.3) is 5.70 Å². The Balaban J connectivity index is 1.28. The lowest BCUT2D eigenvalue weighted by Crippen LogP contribution is -2.48. The van der Waals surface area contributed by atoms with Gasteiger partial charge in [-0.25, -0.2) is 4.79 Å². The first-order chi connectivity index (χ1) is 13.5. The van der Waals surface area contributed by atoms with E-state index in [0.29, 0.717) is 31.3 Å². The highest BCUT2D eigenvalue weighted by Crippen LogP contribution is 2.33. The van der Waals surface area contributed by atoms with Gasteiger partial charge in [-0.2, -0.15) is 0 Å². The molecule has 2 heterocycles. The summed E-state index contributed by atoms with van der Waals surface area (Å²) in [7, 11) is 1.32. The Morgan fingerprint density at radius 2 is 2.00 bits per heavy atom. The first-order valence-electron chi connectivity index (χ1n) is 9.35. The fourth-order valence-electron chi connectivity index (χ4n) is 3.00. The number of hydrogen-bond acceptors (Lipinski definition) is 8. The summed E-state index contributed by atoms with van der Waals surface area (Å²) >= 11 is 0. The Morgan fingerprint density at radius 1 is 1.25 bits per heavy atom. The molecule has 2 aliphatic rings. The molecule has 0 amide bonds. The van der Waals surface area contributed by atoms with Gasteiger partial charge in [-0.1, -0.05) is 13.0 Å². The highest BCUT2D eigenvalue weighted by Gasteiger charge is 2.41. The molecule has 1 N–H and O–H groups in total. The monoisotopic (exact) mass is 393 g/mol. The number of hydrogen-bond donors (Lipinski definition) is 1. The molecule has 1 aromatic rings. The van der Waals surface area contributed by atoms with Gasteiger partial charge in [0.05, 0.1) is 32.6 Å².